The number of para-hydroxylation sites is 2. The van der Waals surface area contributed by atoms with Crippen LogP contribution in [-0.4, -0.2) is 25.0 Å². The lowest BCUT2D eigenvalue weighted by Gasteiger charge is -2.12. The largest absolute Gasteiger partial charge is 0.483 e. The molecule has 0 aliphatic rings. The van der Waals surface area contributed by atoms with E-state index in [9.17, 15) is 18.4 Å². The van der Waals surface area contributed by atoms with Gasteiger partial charge in [-0.2, -0.15) is 0 Å². The van der Waals surface area contributed by atoms with Crippen molar-refractivity contribution in [3.63, 3.8) is 0 Å². The smallest absolute Gasteiger partial charge is 0.262 e. The normalized spacial score (nSPS) is 10.3. The number of benzene rings is 3. The van der Waals surface area contributed by atoms with Crippen LogP contribution in [0.15, 0.2) is 72.8 Å². The van der Waals surface area contributed by atoms with Crippen molar-refractivity contribution in [1.82, 2.24) is 5.32 Å². The summed E-state index contributed by atoms with van der Waals surface area (Å²) in [6, 6.07) is 18.4. The minimum atomic E-state index is -0.554. The fraction of sp³-hybridized carbons (Fsp3) is 0.130. The molecule has 0 fully saturated rings. The van der Waals surface area contributed by atoms with Gasteiger partial charge in [0.2, 0.25) is 0 Å². The standard InChI is InChI=1S/C23H20F2N2O3/c24-17-7-5-6-16(14-17)12-13-26-23(29)18-8-1-4-11-21(18)30-15-22(28)27-20-10-3-2-9-19(20)25/h1-11,14H,12-13,15H2,(H,26,29)(H,27,28). The summed E-state index contributed by atoms with van der Waals surface area (Å²) < 4.78 is 32.3. The minimum absolute atomic E-state index is 0.0504. The van der Waals surface area contributed by atoms with Gasteiger partial charge in [0.25, 0.3) is 11.8 Å². The van der Waals surface area contributed by atoms with Crippen LogP contribution in [0.1, 0.15) is 15.9 Å². The van der Waals surface area contributed by atoms with Gasteiger partial charge in [0.05, 0.1) is 11.3 Å². The van der Waals surface area contributed by atoms with Gasteiger partial charge in [-0.05, 0) is 48.4 Å². The number of anilines is 1. The summed E-state index contributed by atoms with van der Waals surface area (Å²) in [4.78, 5) is 24.5. The summed E-state index contributed by atoms with van der Waals surface area (Å²) in [6.07, 6.45) is 0.470. The first-order chi connectivity index (χ1) is 14.5. The number of ether oxygens (including phenoxy) is 1. The van der Waals surface area contributed by atoms with Crippen LogP contribution < -0.4 is 15.4 Å². The zero-order valence-electron chi connectivity index (χ0n) is 16.0. The summed E-state index contributed by atoms with van der Waals surface area (Å²) in [6.45, 7) is -0.0771. The molecule has 5 nitrogen and oxygen atoms in total. The summed E-state index contributed by atoms with van der Waals surface area (Å²) in [5.74, 6) is -1.59. The van der Waals surface area contributed by atoms with Crippen LogP contribution in [0.2, 0.25) is 0 Å². The van der Waals surface area contributed by atoms with Crippen LogP contribution in [0, 0.1) is 11.6 Å². The molecule has 0 radical (unpaired) electrons. The Kier molecular flexibility index (Phi) is 7.10. The summed E-state index contributed by atoms with van der Waals surface area (Å²) in [5.41, 5.74) is 1.08. The van der Waals surface area contributed by atoms with Crippen molar-refractivity contribution < 1.29 is 23.1 Å². The van der Waals surface area contributed by atoms with E-state index in [2.05, 4.69) is 10.6 Å². The van der Waals surface area contributed by atoms with Crippen molar-refractivity contribution in [2.45, 2.75) is 6.42 Å². The minimum Gasteiger partial charge on any atom is -0.483 e. The molecule has 3 rings (SSSR count). The maximum absolute atomic E-state index is 13.6. The van der Waals surface area contributed by atoms with Gasteiger partial charge >= 0.3 is 0 Å². The number of carbonyl (C=O) groups excluding carboxylic acids is 2. The number of amides is 2. The number of nitrogens with one attached hydrogen (secondary N) is 2. The Hall–Kier alpha value is -3.74. The third-order valence-corrected chi connectivity index (χ3v) is 4.23. The molecule has 3 aromatic rings. The first-order valence-corrected chi connectivity index (χ1v) is 9.32. The Bertz CT molecular complexity index is 1040. The van der Waals surface area contributed by atoms with E-state index in [4.69, 9.17) is 4.74 Å². The quantitative estimate of drug-likeness (QED) is 0.591. The summed E-state index contributed by atoms with van der Waals surface area (Å²) >= 11 is 0. The van der Waals surface area contributed by atoms with Gasteiger partial charge in [-0.1, -0.05) is 36.4 Å². The lowest BCUT2D eigenvalue weighted by atomic mass is 10.1. The number of carbonyl (C=O) groups is 2. The molecule has 0 aromatic heterocycles. The molecule has 2 amide bonds. The van der Waals surface area contributed by atoms with Gasteiger partial charge < -0.3 is 15.4 Å². The molecule has 3 aromatic carbocycles. The maximum Gasteiger partial charge on any atom is 0.262 e. The SMILES string of the molecule is O=C(COc1ccccc1C(=O)NCCc1cccc(F)c1)Nc1ccccc1F. The molecule has 0 bridgehead atoms. The monoisotopic (exact) mass is 410 g/mol. The highest BCUT2D eigenvalue weighted by Crippen LogP contribution is 2.18. The van der Waals surface area contributed by atoms with Gasteiger partial charge in [0.15, 0.2) is 6.61 Å². The third kappa shape index (κ3) is 5.88. The fourth-order valence-corrected chi connectivity index (χ4v) is 2.78. The number of rotatable bonds is 8. The van der Waals surface area contributed by atoms with Crippen LogP contribution in [0.25, 0.3) is 0 Å². The molecule has 7 heteroatoms. The van der Waals surface area contributed by atoms with Crippen LogP contribution in [-0.2, 0) is 11.2 Å². The fourth-order valence-electron chi connectivity index (χ4n) is 2.78. The van der Waals surface area contributed by atoms with Crippen molar-refractivity contribution in [1.29, 1.82) is 0 Å². The zero-order valence-corrected chi connectivity index (χ0v) is 16.0. The molecule has 154 valence electrons. The molecule has 0 saturated heterocycles. The topological polar surface area (TPSA) is 67.4 Å². The molecule has 0 aliphatic heterocycles. The molecule has 0 unspecified atom stereocenters. The second kappa shape index (κ2) is 10.2. The highest BCUT2D eigenvalue weighted by atomic mass is 19.1. The molecule has 0 heterocycles. The maximum atomic E-state index is 13.6. The summed E-state index contributed by atoms with van der Waals surface area (Å²) in [5, 5.41) is 5.17. The number of hydrogen-bond acceptors (Lipinski definition) is 3. The lowest BCUT2D eigenvalue weighted by Crippen LogP contribution is -2.27. The van der Waals surface area contributed by atoms with E-state index in [1.54, 1.807) is 42.5 Å². The average molecular weight is 410 g/mol. The second-order valence-corrected chi connectivity index (χ2v) is 6.45. The Morgan fingerprint density at radius 1 is 0.900 bits per heavy atom. The van der Waals surface area contributed by atoms with Crippen LogP contribution in [0.5, 0.6) is 5.75 Å². The van der Waals surface area contributed by atoms with Crippen molar-refractivity contribution in [2.24, 2.45) is 0 Å². The molecular weight excluding hydrogens is 390 g/mol. The van der Waals surface area contributed by atoms with Gasteiger partial charge in [-0.15, -0.1) is 0 Å². The van der Waals surface area contributed by atoms with Gasteiger partial charge in [-0.25, -0.2) is 8.78 Å². The van der Waals surface area contributed by atoms with E-state index >= 15 is 0 Å². The van der Waals surface area contributed by atoms with Crippen LogP contribution >= 0.6 is 0 Å². The van der Waals surface area contributed by atoms with Crippen molar-refractivity contribution >= 4 is 17.5 Å². The molecule has 2 N–H and O–H groups in total. The van der Waals surface area contributed by atoms with E-state index in [0.29, 0.717) is 13.0 Å². The predicted octanol–water partition coefficient (Wildman–Crippen LogP) is 3.95. The van der Waals surface area contributed by atoms with E-state index in [1.165, 1.54) is 30.3 Å². The Labute approximate surface area is 172 Å². The second-order valence-electron chi connectivity index (χ2n) is 6.45. The molecule has 0 atom stereocenters. The number of halogens is 2. The van der Waals surface area contributed by atoms with Gasteiger partial charge in [0, 0.05) is 6.54 Å². The van der Waals surface area contributed by atoms with E-state index < -0.39 is 11.7 Å². The first kappa shape index (κ1) is 21.0. The highest BCUT2D eigenvalue weighted by Gasteiger charge is 2.14. The van der Waals surface area contributed by atoms with Gasteiger partial charge in [0.1, 0.15) is 17.4 Å². The van der Waals surface area contributed by atoms with E-state index in [1.807, 2.05) is 0 Å². The molecular formula is C23H20F2N2O3. The zero-order chi connectivity index (χ0) is 21.3. The first-order valence-electron chi connectivity index (χ1n) is 9.32. The predicted molar refractivity (Wildman–Crippen MR) is 109 cm³/mol. The van der Waals surface area contributed by atoms with E-state index in [-0.39, 0.29) is 35.3 Å². The third-order valence-electron chi connectivity index (χ3n) is 4.23. The van der Waals surface area contributed by atoms with Crippen LogP contribution in [0.3, 0.4) is 0 Å². The highest BCUT2D eigenvalue weighted by molar-refractivity contribution is 5.97. The molecule has 0 saturated carbocycles. The van der Waals surface area contributed by atoms with Crippen molar-refractivity contribution in [3.8, 4) is 5.75 Å². The Balaban J connectivity index is 1.55. The average Bonchev–Trinajstić information content (AvgIpc) is 2.74. The van der Waals surface area contributed by atoms with Gasteiger partial charge in [-0.3, -0.25) is 9.59 Å². The Morgan fingerprint density at radius 3 is 2.47 bits per heavy atom. The number of hydrogen-bond donors (Lipinski definition) is 2. The van der Waals surface area contributed by atoms with Crippen LogP contribution in [0.4, 0.5) is 14.5 Å². The lowest BCUT2D eigenvalue weighted by molar-refractivity contribution is -0.118. The van der Waals surface area contributed by atoms with E-state index in [0.717, 1.165) is 5.56 Å². The molecule has 0 spiro atoms. The van der Waals surface area contributed by atoms with Crippen molar-refractivity contribution in [3.05, 3.63) is 95.6 Å². The summed E-state index contributed by atoms with van der Waals surface area (Å²) in [7, 11) is 0. The van der Waals surface area contributed by atoms with Crippen molar-refractivity contribution in [2.75, 3.05) is 18.5 Å². The molecule has 0 aliphatic carbocycles. The molecule has 30 heavy (non-hydrogen) atoms. The Morgan fingerprint density at radius 2 is 1.67 bits per heavy atom.